The molecule has 1 rings (SSSR count). The average Bonchev–Trinajstić information content (AvgIpc) is 2.32. The monoisotopic (exact) mass is 344 g/mol. The van der Waals surface area contributed by atoms with Crippen molar-refractivity contribution in [3.05, 3.63) is 28.2 Å². The fraction of sp³-hybridized carbons (Fsp3) is 0.500. The van der Waals surface area contributed by atoms with Crippen LogP contribution in [0.15, 0.2) is 22.7 Å². The van der Waals surface area contributed by atoms with E-state index >= 15 is 0 Å². The van der Waals surface area contributed by atoms with Crippen molar-refractivity contribution in [2.75, 3.05) is 18.5 Å². The van der Waals surface area contributed by atoms with E-state index < -0.39 is 0 Å². The molecule has 0 aliphatic heterocycles. The number of hydrogen-bond acceptors (Lipinski definition) is 3. The molecule has 0 aliphatic rings. The quantitative estimate of drug-likeness (QED) is 0.557. The van der Waals surface area contributed by atoms with Crippen molar-refractivity contribution in [2.45, 2.75) is 32.8 Å². The lowest BCUT2D eigenvalue weighted by Crippen LogP contribution is -2.11. The highest BCUT2D eigenvalue weighted by molar-refractivity contribution is 9.10. The summed E-state index contributed by atoms with van der Waals surface area (Å²) in [5.74, 6) is 0. The maximum atomic E-state index is 5.61. The van der Waals surface area contributed by atoms with Crippen LogP contribution in [0.1, 0.15) is 32.3 Å². The van der Waals surface area contributed by atoms with Crippen molar-refractivity contribution in [1.82, 2.24) is 0 Å². The Hall–Kier alpha value is -0.650. The molecule has 106 valence electrons. The molecule has 19 heavy (non-hydrogen) atoms. The Balaban J connectivity index is 2.30. The van der Waals surface area contributed by atoms with E-state index in [9.17, 15) is 0 Å². The Morgan fingerprint density at radius 2 is 2.16 bits per heavy atom. The smallest absolute Gasteiger partial charge is 0.105 e. The predicted octanol–water partition coefficient (Wildman–Crippen LogP) is 3.70. The van der Waals surface area contributed by atoms with E-state index in [-0.39, 0.29) is 0 Å². The van der Waals surface area contributed by atoms with Gasteiger partial charge in [0.15, 0.2) is 0 Å². The zero-order valence-electron chi connectivity index (χ0n) is 11.4. The first-order valence-corrected chi connectivity index (χ1v) is 7.65. The summed E-state index contributed by atoms with van der Waals surface area (Å²) >= 11 is 8.43. The van der Waals surface area contributed by atoms with E-state index in [2.05, 4.69) is 35.1 Å². The van der Waals surface area contributed by atoms with Gasteiger partial charge in [-0.05, 0) is 60.8 Å². The summed E-state index contributed by atoms with van der Waals surface area (Å²) in [7, 11) is 0. The topological polar surface area (TPSA) is 47.3 Å². The molecule has 0 heterocycles. The molecule has 1 aromatic rings. The molecule has 1 aromatic carbocycles. The van der Waals surface area contributed by atoms with Crippen LogP contribution < -0.4 is 11.1 Å². The molecule has 5 heteroatoms. The number of halogens is 1. The van der Waals surface area contributed by atoms with Gasteiger partial charge in [0.1, 0.15) is 4.99 Å². The lowest BCUT2D eigenvalue weighted by molar-refractivity contribution is 0.0765. The third kappa shape index (κ3) is 6.36. The lowest BCUT2D eigenvalue weighted by Gasteiger charge is -2.10. The average molecular weight is 345 g/mol. The Bertz CT molecular complexity index is 424. The van der Waals surface area contributed by atoms with Crippen LogP contribution >= 0.6 is 28.1 Å². The molecule has 0 saturated carbocycles. The maximum Gasteiger partial charge on any atom is 0.105 e. The molecule has 0 fully saturated rings. The van der Waals surface area contributed by atoms with Crippen molar-refractivity contribution >= 4 is 38.8 Å². The molecule has 0 spiro atoms. The minimum atomic E-state index is 0.316. The molecule has 0 bridgehead atoms. The van der Waals surface area contributed by atoms with Gasteiger partial charge in [-0.3, -0.25) is 0 Å². The number of nitrogens with two attached hydrogens (primary N) is 1. The summed E-state index contributed by atoms with van der Waals surface area (Å²) in [6.07, 6.45) is 2.47. The molecule has 3 nitrogen and oxygen atoms in total. The number of unbranched alkanes of at least 4 members (excludes halogenated alkanes) is 1. The van der Waals surface area contributed by atoms with E-state index in [0.717, 1.165) is 41.7 Å². The second kappa shape index (κ2) is 8.51. The second-order valence-electron chi connectivity index (χ2n) is 4.61. The third-order valence-corrected chi connectivity index (χ3v) is 3.46. The van der Waals surface area contributed by atoms with Gasteiger partial charge in [-0.2, -0.15) is 0 Å². The van der Waals surface area contributed by atoms with Gasteiger partial charge in [-0.1, -0.05) is 12.2 Å². The van der Waals surface area contributed by atoms with Crippen molar-refractivity contribution in [2.24, 2.45) is 5.73 Å². The van der Waals surface area contributed by atoms with Gasteiger partial charge < -0.3 is 15.8 Å². The van der Waals surface area contributed by atoms with Crippen LogP contribution in [-0.4, -0.2) is 24.2 Å². The number of ether oxygens (including phenoxy) is 1. The van der Waals surface area contributed by atoms with Crippen LogP contribution in [0.4, 0.5) is 5.69 Å². The molecule has 0 radical (unpaired) electrons. The number of thiocarbonyl (C=S) groups is 1. The molecule has 0 unspecified atom stereocenters. The van der Waals surface area contributed by atoms with Crippen LogP contribution in [0.5, 0.6) is 0 Å². The highest BCUT2D eigenvalue weighted by Gasteiger charge is 2.03. The first-order valence-electron chi connectivity index (χ1n) is 6.45. The molecule has 0 aliphatic carbocycles. The largest absolute Gasteiger partial charge is 0.389 e. The summed E-state index contributed by atoms with van der Waals surface area (Å²) in [5, 5.41) is 3.37. The first-order chi connectivity index (χ1) is 9.00. The summed E-state index contributed by atoms with van der Waals surface area (Å²) < 4.78 is 6.42. The third-order valence-electron chi connectivity index (χ3n) is 2.59. The number of nitrogens with one attached hydrogen (secondary N) is 1. The fourth-order valence-corrected chi connectivity index (χ4v) is 2.51. The Labute approximate surface area is 129 Å². The minimum absolute atomic E-state index is 0.316. The van der Waals surface area contributed by atoms with Crippen LogP contribution in [0.2, 0.25) is 0 Å². The molecule has 0 amide bonds. The van der Waals surface area contributed by atoms with Gasteiger partial charge >= 0.3 is 0 Å². The zero-order chi connectivity index (χ0) is 14.3. The summed E-state index contributed by atoms with van der Waals surface area (Å²) in [4.78, 5) is 0.407. The van der Waals surface area contributed by atoms with Gasteiger partial charge in [0.2, 0.25) is 0 Å². The Morgan fingerprint density at radius 1 is 1.42 bits per heavy atom. The highest BCUT2D eigenvalue weighted by Crippen LogP contribution is 2.21. The first kappa shape index (κ1) is 16.4. The second-order valence-corrected chi connectivity index (χ2v) is 5.91. The molecular weight excluding hydrogens is 324 g/mol. The Morgan fingerprint density at radius 3 is 2.74 bits per heavy atom. The number of benzene rings is 1. The molecular formula is C14H21BrN2OS. The number of hydrogen-bond donors (Lipinski definition) is 2. The van der Waals surface area contributed by atoms with Crippen LogP contribution in [-0.2, 0) is 4.74 Å². The van der Waals surface area contributed by atoms with Crippen molar-refractivity contribution in [1.29, 1.82) is 0 Å². The summed E-state index contributed by atoms with van der Waals surface area (Å²) in [6.45, 7) is 5.86. The summed E-state index contributed by atoms with van der Waals surface area (Å²) in [5.41, 5.74) is 7.54. The van der Waals surface area contributed by atoms with E-state index in [1.807, 2.05) is 18.2 Å². The fourth-order valence-electron chi connectivity index (χ4n) is 1.60. The predicted molar refractivity (Wildman–Crippen MR) is 88.8 cm³/mol. The van der Waals surface area contributed by atoms with Gasteiger partial charge in [-0.15, -0.1) is 0 Å². The normalized spacial score (nSPS) is 10.7. The van der Waals surface area contributed by atoms with Crippen LogP contribution in [0, 0.1) is 0 Å². The van der Waals surface area contributed by atoms with Gasteiger partial charge in [-0.25, -0.2) is 0 Å². The standard InChI is InChI=1S/C14H21BrN2OS/c1-10(2)18-8-4-3-7-17-11-5-6-12(14(16)19)13(15)9-11/h5-6,9-10,17H,3-4,7-8H2,1-2H3,(H2,16,19). The lowest BCUT2D eigenvalue weighted by atomic mass is 10.2. The highest BCUT2D eigenvalue weighted by atomic mass is 79.9. The van der Waals surface area contributed by atoms with E-state index in [0.29, 0.717) is 11.1 Å². The summed E-state index contributed by atoms with van der Waals surface area (Å²) in [6, 6.07) is 5.92. The van der Waals surface area contributed by atoms with Gasteiger partial charge in [0.25, 0.3) is 0 Å². The number of anilines is 1. The number of rotatable bonds is 8. The Kier molecular flexibility index (Phi) is 7.34. The van der Waals surface area contributed by atoms with Gasteiger partial charge in [0, 0.05) is 28.9 Å². The van der Waals surface area contributed by atoms with Crippen molar-refractivity contribution < 1.29 is 4.74 Å². The van der Waals surface area contributed by atoms with E-state index in [1.165, 1.54) is 0 Å². The molecule has 0 atom stereocenters. The molecule has 0 aromatic heterocycles. The zero-order valence-corrected chi connectivity index (χ0v) is 13.8. The van der Waals surface area contributed by atoms with Crippen molar-refractivity contribution in [3.63, 3.8) is 0 Å². The SMILES string of the molecule is CC(C)OCCCCNc1ccc(C(N)=S)c(Br)c1. The minimum Gasteiger partial charge on any atom is -0.389 e. The van der Waals surface area contributed by atoms with Crippen LogP contribution in [0.3, 0.4) is 0 Å². The molecule has 0 saturated heterocycles. The van der Waals surface area contributed by atoms with E-state index in [1.54, 1.807) is 0 Å². The van der Waals surface area contributed by atoms with E-state index in [4.69, 9.17) is 22.7 Å². The van der Waals surface area contributed by atoms with Crippen LogP contribution in [0.25, 0.3) is 0 Å². The van der Waals surface area contributed by atoms with Gasteiger partial charge in [0.05, 0.1) is 6.10 Å². The molecule has 3 N–H and O–H groups in total. The maximum absolute atomic E-state index is 5.61. The van der Waals surface area contributed by atoms with Crippen molar-refractivity contribution in [3.8, 4) is 0 Å².